The van der Waals surface area contributed by atoms with Crippen LogP contribution in [-0.2, 0) is 6.42 Å². The number of hydrogen-bond acceptors (Lipinski definition) is 0. The molecule has 0 aromatic heterocycles. The first-order valence-corrected chi connectivity index (χ1v) is 4.30. The summed E-state index contributed by atoms with van der Waals surface area (Å²) in [7, 11) is 0. The Morgan fingerprint density at radius 2 is 2.25 bits per heavy atom. The second kappa shape index (κ2) is 4.18. The number of rotatable bonds is 2. The fraction of sp³-hybridized carbons (Fsp3) is 0.273. The summed E-state index contributed by atoms with van der Waals surface area (Å²) in [5, 5.41) is 0.824. The van der Waals surface area contributed by atoms with Crippen molar-refractivity contribution in [1.29, 1.82) is 0 Å². The molecule has 0 spiro atoms. The van der Waals surface area contributed by atoms with E-state index < -0.39 is 0 Å². The van der Waals surface area contributed by atoms with E-state index in [9.17, 15) is 0 Å². The van der Waals surface area contributed by atoms with Crippen LogP contribution in [0.1, 0.15) is 17.5 Å². The van der Waals surface area contributed by atoms with Gasteiger partial charge in [0, 0.05) is 11.4 Å². The Labute approximate surface area is 78.6 Å². The summed E-state index contributed by atoms with van der Waals surface area (Å²) in [6.07, 6.45) is 6.79. The molecule has 1 rings (SSSR count). The van der Waals surface area contributed by atoms with Gasteiger partial charge in [0.2, 0.25) is 0 Å². The molecule has 0 unspecified atom stereocenters. The van der Waals surface area contributed by atoms with E-state index in [1.165, 1.54) is 5.56 Å². The third kappa shape index (κ3) is 2.29. The molecule has 0 saturated carbocycles. The molecule has 0 heterocycles. The van der Waals surface area contributed by atoms with Gasteiger partial charge in [-0.05, 0) is 30.5 Å². The summed E-state index contributed by atoms with van der Waals surface area (Å²) in [4.78, 5) is 0. The fourth-order valence-corrected chi connectivity index (χ4v) is 1.39. The minimum Gasteiger partial charge on any atom is -0.120 e. The molecule has 0 saturated heterocycles. The van der Waals surface area contributed by atoms with Crippen molar-refractivity contribution in [2.24, 2.45) is 0 Å². The lowest BCUT2D eigenvalue weighted by atomic mass is 10.1. The molecule has 0 N–H and O–H groups in total. The third-order valence-electron chi connectivity index (χ3n) is 1.75. The third-order valence-corrected chi connectivity index (χ3v) is 2.10. The van der Waals surface area contributed by atoms with Crippen LogP contribution >= 0.6 is 11.6 Å². The lowest BCUT2D eigenvalue weighted by molar-refractivity contribution is 1.03. The van der Waals surface area contributed by atoms with E-state index in [4.69, 9.17) is 18.0 Å². The van der Waals surface area contributed by atoms with Crippen molar-refractivity contribution in [3.63, 3.8) is 0 Å². The Hall–Kier alpha value is -0.930. The van der Waals surface area contributed by atoms with Crippen LogP contribution in [0, 0.1) is 19.3 Å². The van der Waals surface area contributed by atoms with Gasteiger partial charge in [-0.25, -0.2) is 0 Å². The Morgan fingerprint density at radius 1 is 1.50 bits per heavy atom. The van der Waals surface area contributed by atoms with Crippen LogP contribution in [0.5, 0.6) is 0 Å². The van der Waals surface area contributed by atoms with Gasteiger partial charge < -0.3 is 0 Å². The molecule has 0 atom stereocenters. The molecule has 12 heavy (non-hydrogen) atoms. The zero-order valence-corrected chi connectivity index (χ0v) is 7.86. The quantitative estimate of drug-likeness (QED) is 0.611. The van der Waals surface area contributed by atoms with E-state index in [2.05, 4.69) is 12.0 Å². The van der Waals surface area contributed by atoms with Crippen LogP contribution in [0.25, 0.3) is 0 Å². The molecule has 0 bridgehead atoms. The van der Waals surface area contributed by atoms with Crippen molar-refractivity contribution in [3.8, 4) is 12.3 Å². The first kappa shape index (κ1) is 9.16. The highest BCUT2D eigenvalue weighted by molar-refractivity contribution is 6.31. The molecule has 0 radical (unpaired) electrons. The molecule has 1 heteroatoms. The van der Waals surface area contributed by atoms with Gasteiger partial charge in [-0.3, -0.25) is 0 Å². The fourth-order valence-electron chi connectivity index (χ4n) is 1.06. The van der Waals surface area contributed by atoms with E-state index in [0.29, 0.717) is 0 Å². The SMILES string of the molecule is C#CCCc1ccc(C)cc1Cl. The maximum Gasteiger partial charge on any atom is 0.0440 e. The van der Waals surface area contributed by atoms with Crippen molar-refractivity contribution in [2.45, 2.75) is 19.8 Å². The smallest absolute Gasteiger partial charge is 0.0440 e. The van der Waals surface area contributed by atoms with E-state index >= 15 is 0 Å². The van der Waals surface area contributed by atoms with Crippen molar-refractivity contribution < 1.29 is 0 Å². The van der Waals surface area contributed by atoms with E-state index in [0.717, 1.165) is 23.4 Å². The van der Waals surface area contributed by atoms with Gasteiger partial charge in [0.05, 0.1) is 0 Å². The standard InChI is InChI=1S/C11H11Cl/c1-3-4-5-10-7-6-9(2)8-11(10)12/h1,6-8H,4-5H2,2H3. The molecule has 0 nitrogen and oxygen atoms in total. The maximum atomic E-state index is 6.00. The number of hydrogen-bond donors (Lipinski definition) is 0. The predicted octanol–water partition coefficient (Wildman–Crippen LogP) is 3.21. The van der Waals surface area contributed by atoms with Crippen LogP contribution in [0.3, 0.4) is 0 Å². The van der Waals surface area contributed by atoms with Crippen molar-refractivity contribution in [3.05, 3.63) is 34.3 Å². The van der Waals surface area contributed by atoms with Gasteiger partial charge in [-0.2, -0.15) is 0 Å². The topological polar surface area (TPSA) is 0 Å². The average Bonchev–Trinajstić information content (AvgIpc) is 2.03. The summed E-state index contributed by atoms with van der Waals surface area (Å²) in [5.74, 6) is 2.60. The van der Waals surface area contributed by atoms with Crippen molar-refractivity contribution in [1.82, 2.24) is 0 Å². The zero-order chi connectivity index (χ0) is 8.97. The number of aryl methyl sites for hydroxylation is 2. The van der Waals surface area contributed by atoms with E-state index in [1.807, 2.05) is 19.1 Å². The first-order chi connectivity index (χ1) is 5.74. The Bertz CT molecular complexity index is 307. The Morgan fingerprint density at radius 3 is 2.83 bits per heavy atom. The maximum absolute atomic E-state index is 6.00. The monoisotopic (exact) mass is 178 g/mol. The highest BCUT2D eigenvalue weighted by atomic mass is 35.5. The van der Waals surface area contributed by atoms with E-state index in [-0.39, 0.29) is 0 Å². The van der Waals surface area contributed by atoms with Crippen LogP contribution in [0.4, 0.5) is 0 Å². The molecule has 0 aliphatic heterocycles. The van der Waals surface area contributed by atoms with Crippen molar-refractivity contribution in [2.75, 3.05) is 0 Å². The normalized spacial score (nSPS) is 9.42. The lowest BCUT2D eigenvalue weighted by Gasteiger charge is -2.01. The molecular formula is C11H11Cl. The first-order valence-electron chi connectivity index (χ1n) is 3.92. The minimum absolute atomic E-state index is 0.753. The van der Waals surface area contributed by atoms with E-state index in [1.54, 1.807) is 0 Å². The van der Waals surface area contributed by atoms with Crippen LogP contribution in [0.2, 0.25) is 5.02 Å². The average molecular weight is 179 g/mol. The summed E-state index contributed by atoms with van der Waals surface area (Å²) in [6.45, 7) is 2.02. The highest BCUT2D eigenvalue weighted by Gasteiger charge is 1.98. The van der Waals surface area contributed by atoms with Gasteiger partial charge >= 0.3 is 0 Å². The van der Waals surface area contributed by atoms with Gasteiger partial charge in [0.15, 0.2) is 0 Å². The zero-order valence-electron chi connectivity index (χ0n) is 7.10. The minimum atomic E-state index is 0.753. The highest BCUT2D eigenvalue weighted by Crippen LogP contribution is 2.18. The molecule has 0 aliphatic rings. The molecule has 1 aromatic carbocycles. The molecule has 0 aliphatic carbocycles. The Kier molecular flexibility index (Phi) is 3.19. The molecule has 0 amide bonds. The van der Waals surface area contributed by atoms with Gasteiger partial charge in [-0.1, -0.05) is 23.7 Å². The summed E-state index contributed by atoms with van der Waals surface area (Å²) < 4.78 is 0. The Balaban J connectivity index is 2.81. The molecular weight excluding hydrogens is 168 g/mol. The summed E-state index contributed by atoms with van der Waals surface area (Å²) in [5.41, 5.74) is 2.32. The molecule has 62 valence electrons. The van der Waals surface area contributed by atoms with Crippen LogP contribution in [-0.4, -0.2) is 0 Å². The number of terminal acetylenes is 1. The van der Waals surface area contributed by atoms with Crippen molar-refractivity contribution >= 4 is 11.6 Å². The second-order valence-corrected chi connectivity index (χ2v) is 3.21. The van der Waals surface area contributed by atoms with Crippen LogP contribution < -0.4 is 0 Å². The number of benzene rings is 1. The van der Waals surface area contributed by atoms with Gasteiger partial charge in [0.25, 0.3) is 0 Å². The lowest BCUT2D eigenvalue weighted by Crippen LogP contribution is -1.85. The van der Waals surface area contributed by atoms with Crippen LogP contribution in [0.15, 0.2) is 18.2 Å². The van der Waals surface area contributed by atoms with Gasteiger partial charge in [0.1, 0.15) is 0 Å². The molecule has 1 aromatic rings. The molecule has 0 fully saturated rings. The van der Waals surface area contributed by atoms with Gasteiger partial charge in [-0.15, -0.1) is 12.3 Å². The second-order valence-electron chi connectivity index (χ2n) is 2.80. The predicted molar refractivity (Wildman–Crippen MR) is 53.3 cm³/mol. The largest absolute Gasteiger partial charge is 0.120 e. The summed E-state index contributed by atoms with van der Waals surface area (Å²) >= 11 is 6.00. The number of halogens is 1. The summed E-state index contributed by atoms with van der Waals surface area (Å²) in [6, 6.07) is 6.06.